The zero-order chi connectivity index (χ0) is 21.8. The van der Waals surface area contributed by atoms with Crippen LogP contribution in [0.3, 0.4) is 0 Å². The van der Waals surface area contributed by atoms with Crippen molar-refractivity contribution in [3.8, 4) is 0 Å². The van der Waals surface area contributed by atoms with Gasteiger partial charge in [0.25, 0.3) is 5.91 Å². The van der Waals surface area contributed by atoms with E-state index in [9.17, 15) is 24.0 Å². The number of carbonyl (C=O) groups excluding carboxylic acids is 5. The van der Waals surface area contributed by atoms with Crippen molar-refractivity contribution in [2.24, 2.45) is 17.6 Å². The molecule has 2 aliphatic rings. The number of esters is 1. The Balaban J connectivity index is 1.47. The summed E-state index contributed by atoms with van der Waals surface area (Å²) in [6, 6.07) is 5.94. The number of carbonyl (C=O) groups is 5. The van der Waals surface area contributed by atoms with Gasteiger partial charge in [-0.05, 0) is 44.0 Å². The van der Waals surface area contributed by atoms with E-state index in [0.29, 0.717) is 24.1 Å². The third kappa shape index (κ3) is 4.56. The molecule has 1 aromatic carbocycles. The molecule has 3 N–H and O–H groups in total. The number of amides is 4. The van der Waals surface area contributed by atoms with Crippen molar-refractivity contribution in [3.05, 3.63) is 42.0 Å². The van der Waals surface area contributed by atoms with Gasteiger partial charge >= 0.3 is 5.97 Å². The van der Waals surface area contributed by atoms with E-state index in [1.54, 1.807) is 0 Å². The molecule has 1 heterocycles. The van der Waals surface area contributed by atoms with E-state index in [4.69, 9.17) is 10.5 Å². The van der Waals surface area contributed by atoms with E-state index in [2.05, 4.69) is 5.32 Å². The predicted octanol–water partition coefficient (Wildman–Crippen LogP) is 0.997. The van der Waals surface area contributed by atoms with Crippen LogP contribution in [0.2, 0.25) is 0 Å². The number of ether oxygens (including phenoxy) is 1. The zero-order valence-electron chi connectivity index (χ0n) is 16.5. The van der Waals surface area contributed by atoms with Crippen LogP contribution in [0, 0.1) is 11.8 Å². The summed E-state index contributed by atoms with van der Waals surface area (Å²) in [6.45, 7) is 1.35. The van der Waals surface area contributed by atoms with E-state index in [1.165, 1.54) is 31.2 Å². The fourth-order valence-electron chi connectivity index (χ4n) is 3.56. The molecule has 3 atom stereocenters. The van der Waals surface area contributed by atoms with Gasteiger partial charge < -0.3 is 15.8 Å². The summed E-state index contributed by atoms with van der Waals surface area (Å²) in [5.74, 6) is -3.02. The van der Waals surface area contributed by atoms with Crippen molar-refractivity contribution in [3.63, 3.8) is 0 Å². The van der Waals surface area contributed by atoms with Crippen molar-refractivity contribution in [2.45, 2.75) is 32.3 Å². The van der Waals surface area contributed by atoms with Crippen LogP contribution in [0.25, 0.3) is 0 Å². The minimum absolute atomic E-state index is 0.0631. The maximum atomic E-state index is 12.4. The summed E-state index contributed by atoms with van der Waals surface area (Å²) in [4.78, 5) is 61.3. The lowest BCUT2D eigenvalue weighted by atomic mass is 9.85. The first-order valence-corrected chi connectivity index (χ1v) is 9.68. The molecule has 0 bridgehead atoms. The Bertz CT molecular complexity index is 882. The second-order valence-corrected chi connectivity index (χ2v) is 7.30. The molecule has 1 aliphatic heterocycles. The summed E-state index contributed by atoms with van der Waals surface area (Å²) >= 11 is 0. The monoisotopic (exact) mass is 413 g/mol. The number of benzene rings is 1. The van der Waals surface area contributed by atoms with Crippen LogP contribution >= 0.6 is 0 Å². The third-order valence-electron chi connectivity index (χ3n) is 5.25. The first kappa shape index (κ1) is 21.2. The van der Waals surface area contributed by atoms with Crippen LogP contribution < -0.4 is 11.1 Å². The number of hydrogen-bond acceptors (Lipinski definition) is 6. The van der Waals surface area contributed by atoms with Crippen LogP contribution in [0.4, 0.5) is 5.69 Å². The predicted molar refractivity (Wildman–Crippen MR) is 106 cm³/mol. The molecule has 0 saturated carbocycles. The van der Waals surface area contributed by atoms with E-state index in [1.807, 2.05) is 12.2 Å². The lowest BCUT2D eigenvalue weighted by molar-refractivity contribution is -0.154. The van der Waals surface area contributed by atoms with Crippen LogP contribution in [0.1, 0.15) is 36.5 Å². The molecule has 1 aliphatic carbocycles. The second kappa shape index (κ2) is 8.89. The number of hydrogen-bond donors (Lipinski definition) is 2. The molecule has 0 spiro atoms. The number of allylic oxidation sites excluding steroid dienone is 2. The average Bonchev–Trinajstić information content (AvgIpc) is 2.97. The Morgan fingerprint density at radius 1 is 1.10 bits per heavy atom. The van der Waals surface area contributed by atoms with Gasteiger partial charge in [-0.15, -0.1) is 0 Å². The normalized spacial score (nSPS) is 21.2. The molecular formula is C21H23N3O6. The molecule has 158 valence electrons. The highest BCUT2D eigenvalue weighted by molar-refractivity contribution is 6.05. The molecule has 9 heteroatoms. The maximum absolute atomic E-state index is 12.4. The number of primary amides is 1. The van der Waals surface area contributed by atoms with Crippen molar-refractivity contribution in [1.29, 1.82) is 0 Å². The highest BCUT2D eigenvalue weighted by atomic mass is 16.5. The number of nitrogens with zero attached hydrogens (tertiary/aromatic N) is 1. The smallest absolute Gasteiger partial charge is 0.308 e. The standard InChI is InChI=1S/C21H23N3O6/c1-12(19(27)23-14-8-6-13(7-9-14)18(22)26)30-17(25)10-11-24-20(28)15-4-2-3-5-16(15)21(24)29/h2-3,6-9,12,15-16H,4-5,10-11H2,1H3,(H2,22,26)(H,23,27)/t12-,15-,16+/m1/s1. The Morgan fingerprint density at radius 2 is 1.67 bits per heavy atom. The summed E-state index contributed by atoms with van der Waals surface area (Å²) in [7, 11) is 0. The zero-order valence-corrected chi connectivity index (χ0v) is 16.5. The summed E-state index contributed by atoms with van der Waals surface area (Å²) < 4.78 is 5.11. The molecule has 9 nitrogen and oxygen atoms in total. The number of imide groups is 1. The van der Waals surface area contributed by atoms with Crippen molar-refractivity contribution in [1.82, 2.24) is 4.90 Å². The third-order valence-corrected chi connectivity index (χ3v) is 5.25. The molecule has 0 radical (unpaired) electrons. The molecule has 1 aromatic rings. The largest absolute Gasteiger partial charge is 0.452 e. The summed E-state index contributed by atoms with van der Waals surface area (Å²) in [5, 5.41) is 2.56. The number of likely N-dealkylation sites (tertiary alicyclic amines) is 1. The van der Waals surface area contributed by atoms with Crippen molar-refractivity contribution in [2.75, 3.05) is 11.9 Å². The van der Waals surface area contributed by atoms with Crippen molar-refractivity contribution >= 4 is 35.3 Å². The van der Waals surface area contributed by atoms with Gasteiger partial charge in [-0.1, -0.05) is 12.2 Å². The lowest BCUT2D eigenvalue weighted by Gasteiger charge is -2.16. The minimum atomic E-state index is -1.08. The van der Waals surface area contributed by atoms with Gasteiger partial charge in [0.2, 0.25) is 17.7 Å². The summed E-state index contributed by atoms with van der Waals surface area (Å²) in [6.07, 6.45) is 3.60. The SMILES string of the molecule is C[C@@H](OC(=O)CCN1C(=O)[C@H]2CC=CC[C@H]2C1=O)C(=O)Nc1ccc(C(N)=O)cc1. The first-order valence-electron chi connectivity index (χ1n) is 9.68. The van der Waals surface area contributed by atoms with Gasteiger partial charge in [-0.2, -0.15) is 0 Å². The molecule has 30 heavy (non-hydrogen) atoms. The molecule has 0 unspecified atom stereocenters. The molecule has 3 rings (SSSR count). The van der Waals surface area contributed by atoms with Gasteiger partial charge in [-0.25, -0.2) is 0 Å². The Hall–Kier alpha value is -3.49. The molecule has 0 aromatic heterocycles. The van der Waals surface area contributed by atoms with Gasteiger partial charge in [0.15, 0.2) is 6.10 Å². The van der Waals surface area contributed by atoms with Crippen LogP contribution in [0.5, 0.6) is 0 Å². The van der Waals surface area contributed by atoms with Gasteiger partial charge in [0.05, 0.1) is 18.3 Å². The van der Waals surface area contributed by atoms with E-state index in [0.717, 1.165) is 4.90 Å². The molecular weight excluding hydrogens is 390 g/mol. The Labute approximate surface area is 173 Å². The lowest BCUT2D eigenvalue weighted by Crippen LogP contribution is -2.35. The highest BCUT2D eigenvalue weighted by Gasteiger charge is 2.47. The maximum Gasteiger partial charge on any atom is 0.308 e. The van der Waals surface area contributed by atoms with E-state index < -0.39 is 23.9 Å². The van der Waals surface area contributed by atoms with Crippen LogP contribution in [0.15, 0.2) is 36.4 Å². The fraction of sp³-hybridized carbons (Fsp3) is 0.381. The fourth-order valence-corrected chi connectivity index (χ4v) is 3.56. The van der Waals surface area contributed by atoms with Crippen molar-refractivity contribution < 1.29 is 28.7 Å². The second-order valence-electron chi connectivity index (χ2n) is 7.30. The van der Waals surface area contributed by atoms with Gasteiger partial charge in [0.1, 0.15) is 0 Å². The topological polar surface area (TPSA) is 136 Å². The average molecular weight is 413 g/mol. The highest BCUT2D eigenvalue weighted by Crippen LogP contribution is 2.35. The molecule has 1 fully saturated rings. The van der Waals surface area contributed by atoms with Crippen LogP contribution in [-0.4, -0.2) is 47.1 Å². The first-order chi connectivity index (χ1) is 14.3. The Morgan fingerprint density at radius 3 is 2.20 bits per heavy atom. The van der Waals surface area contributed by atoms with Gasteiger partial charge in [0, 0.05) is 17.8 Å². The van der Waals surface area contributed by atoms with E-state index in [-0.39, 0.29) is 36.6 Å². The van der Waals surface area contributed by atoms with E-state index >= 15 is 0 Å². The number of fused-ring (bicyclic) bond motifs is 1. The Kier molecular flexibility index (Phi) is 6.29. The number of rotatable bonds is 7. The number of anilines is 1. The summed E-state index contributed by atoms with van der Waals surface area (Å²) in [5.41, 5.74) is 5.87. The molecule has 1 saturated heterocycles. The minimum Gasteiger partial charge on any atom is -0.452 e. The quantitative estimate of drug-likeness (QED) is 0.389. The number of nitrogens with one attached hydrogen (secondary N) is 1. The van der Waals surface area contributed by atoms with Gasteiger partial charge in [-0.3, -0.25) is 28.9 Å². The van der Waals surface area contributed by atoms with Crippen LogP contribution in [-0.2, 0) is 23.9 Å². The number of nitrogens with two attached hydrogens (primary N) is 1. The molecule has 4 amide bonds.